The number of H-pyrrole nitrogens is 1. The number of amides is 1. The van der Waals surface area contributed by atoms with Gasteiger partial charge in [-0.25, -0.2) is 0 Å². The quantitative estimate of drug-likeness (QED) is 0.826. The van der Waals surface area contributed by atoms with Crippen molar-refractivity contribution in [2.24, 2.45) is 0 Å². The Morgan fingerprint density at radius 1 is 1.56 bits per heavy atom. The normalized spacial score (nSPS) is 19.6. The first kappa shape index (κ1) is 11.3. The van der Waals surface area contributed by atoms with Crippen molar-refractivity contribution in [1.82, 2.24) is 10.3 Å². The standard InChI is InChI=1S/C11H14N2O2S/c14-10-5-1-4-9(13-10)11(15)12-7-8-3-2-6-16-8/h1,4-5,8H,2-3,6-7H2,(H,12,15)(H,13,14). The van der Waals surface area contributed by atoms with Gasteiger partial charge in [0, 0.05) is 17.9 Å². The molecule has 2 N–H and O–H groups in total. The highest BCUT2D eigenvalue weighted by molar-refractivity contribution is 8.00. The molecule has 2 heterocycles. The monoisotopic (exact) mass is 238 g/mol. The summed E-state index contributed by atoms with van der Waals surface area (Å²) in [5.41, 5.74) is 0.0818. The summed E-state index contributed by atoms with van der Waals surface area (Å²) >= 11 is 1.90. The number of hydrogen-bond acceptors (Lipinski definition) is 3. The molecular weight excluding hydrogens is 224 g/mol. The Kier molecular flexibility index (Phi) is 3.66. The molecule has 4 nitrogen and oxygen atoms in total. The molecule has 1 amide bonds. The van der Waals surface area contributed by atoms with Crippen molar-refractivity contribution in [3.05, 3.63) is 34.2 Å². The second kappa shape index (κ2) is 5.21. The van der Waals surface area contributed by atoms with Gasteiger partial charge in [-0.15, -0.1) is 0 Å². The van der Waals surface area contributed by atoms with Gasteiger partial charge in [0.1, 0.15) is 5.69 Å². The van der Waals surface area contributed by atoms with E-state index in [1.165, 1.54) is 18.2 Å². The summed E-state index contributed by atoms with van der Waals surface area (Å²) < 4.78 is 0. The molecule has 16 heavy (non-hydrogen) atoms. The average Bonchev–Trinajstić information content (AvgIpc) is 2.78. The fourth-order valence-corrected chi connectivity index (χ4v) is 2.89. The molecule has 1 aromatic heterocycles. The fraction of sp³-hybridized carbons (Fsp3) is 0.455. The van der Waals surface area contributed by atoms with E-state index in [0.29, 0.717) is 17.5 Å². The SMILES string of the molecule is O=C(NCC1CCCS1)c1cccc(=O)[nH]1. The zero-order chi connectivity index (χ0) is 11.4. The number of carbonyl (C=O) groups is 1. The van der Waals surface area contributed by atoms with Crippen LogP contribution in [0.4, 0.5) is 0 Å². The highest BCUT2D eigenvalue weighted by atomic mass is 32.2. The minimum atomic E-state index is -0.247. The summed E-state index contributed by atoms with van der Waals surface area (Å²) in [4.78, 5) is 25.2. The van der Waals surface area contributed by atoms with Crippen molar-refractivity contribution in [1.29, 1.82) is 0 Å². The van der Waals surface area contributed by atoms with Gasteiger partial charge >= 0.3 is 0 Å². The number of nitrogens with one attached hydrogen (secondary N) is 2. The average molecular weight is 238 g/mol. The zero-order valence-electron chi connectivity index (χ0n) is 8.86. The van der Waals surface area contributed by atoms with E-state index in [0.717, 1.165) is 6.42 Å². The van der Waals surface area contributed by atoms with Crippen LogP contribution in [0.2, 0.25) is 0 Å². The summed E-state index contributed by atoms with van der Waals surface area (Å²) in [6.07, 6.45) is 2.39. The molecule has 1 unspecified atom stereocenters. The molecule has 0 bridgehead atoms. The van der Waals surface area contributed by atoms with Crippen LogP contribution in [0.1, 0.15) is 23.3 Å². The molecule has 0 aliphatic carbocycles. The van der Waals surface area contributed by atoms with Crippen molar-refractivity contribution >= 4 is 17.7 Å². The van der Waals surface area contributed by atoms with E-state index in [2.05, 4.69) is 10.3 Å². The third-order valence-electron chi connectivity index (χ3n) is 2.53. The predicted octanol–water partition coefficient (Wildman–Crippen LogP) is 1.00. The van der Waals surface area contributed by atoms with E-state index in [1.54, 1.807) is 12.1 Å². The lowest BCUT2D eigenvalue weighted by Gasteiger charge is -2.09. The Balaban J connectivity index is 1.90. The Labute approximate surface area is 97.8 Å². The highest BCUT2D eigenvalue weighted by Gasteiger charge is 2.16. The molecule has 0 radical (unpaired) electrons. The van der Waals surface area contributed by atoms with E-state index < -0.39 is 0 Å². The van der Waals surface area contributed by atoms with Gasteiger partial charge in [0.05, 0.1) is 0 Å². The molecule has 0 spiro atoms. The lowest BCUT2D eigenvalue weighted by molar-refractivity contribution is 0.0948. The predicted molar refractivity (Wildman–Crippen MR) is 64.9 cm³/mol. The van der Waals surface area contributed by atoms with Crippen molar-refractivity contribution in [3.63, 3.8) is 0 Å². The third kappa shape index (κ3) is 2.88. The van der Waals surface area contributed by atoms with E-state index in [-0.39, 0.29) is 11.5 Å². The Morgan fingerprint density at radius 3 is 3.12 bits per heavy atom. The fourth-order valence-electron chi connectivity index (χ4n) is 1.69. The highest BCUT2D eigenvalue weighted by Crippen LogP contribution is 2.25. The lowest BCUT2D eigenvalue weighted by atomic mass is 10.2. The summed E-state index contributed by atoms with van der Waals surface area (Å²) in [5, 5.41) is 3.37. The number of aromatic nitrogens is 1. The minimum absolute atomic E-state index is 0.204. The zero-order valence-corrected chi connectivity index (χ0v) is 9.68. The van der Waals surface area contributed by atoms with Crippen molar-refractivity contribution in [2.45, 2.75) is 18.1 Å². The first-order valence-corrected chi connectivity index (χ1v) is 6.40. The van der Waals surface area contributed by atoms with Crippen LogP contribution >= 0.6 is 11.8 Å². The first-order valence-electron chi connectivity index (χ1n) is 5.35. The number of rotatable bonds is 3. The second-order valence-corrected chi connectivity index (χ2v) is 5.18. The molecule has 1 saturated heterocycles. The number of hydrogen-bond donors (Lipinski definition) is 2. The molecule has 2 rings (SSSR count). The van der Waals surface area contributed by atoms with Gasteiger partial charge in [-0.2, -0.15) is 11.8 Å². The van der Waals surface area contributed by atoms with Crippen LogP contribution < -0.4 is 10.9 Å². The van der Waals surface area contributed by atoms with Crippen LogP contribution in [0.5, 0.6) is 0 Å². The van der Waals surface area contributed by atoms with Gasteiger partial charge in [-0.05, 0) is 24.7 Å². The minimum Gasteiger partial charge on any atom is -0.350 e. The Morgan fingerprint density at radius 2 is 2.44 bits per heavy atom. The number of thioether (sulfide) groups is 1. The molecule has 0 saturated carbocycles. The Hall–Kier alpha value is -1.23. The van der Waals surface area contributed by atoms with Gasteiger partial charge < -0.3 is 10.3 Å². The third-order valence-corrected chi connectivity index (χ3v) is 3.93. The molecular formula is C11H14N2O2S. The molecule has 1 aliphatic rings. The molecule has 0 aromatic carbocycles. The maximum absolute atomic E-state index is 11.7. The van der Waals surface area contributed by atoms with Crippen LogP contribution in [-0.2, 0) is 0 Å². The largest absolute Gasteiger partial charge is 0.350 e. The van der Waals surface area contributed by atoms with E-state index in [4.69, 9.17) is 0 Å². The summed E-state index contributed by atoms with van der Waals surface area (Å²) in [6, 6.07) is 4.58. The van der Waals surface area contributed by atoms with Gasteiger partial charge in [0.15, 0.2) is 0 Å². The first-order chi connectivity index (χ1) is 7.75. The molecule has 86 valence electrons. The van der Waals surface area contributed by atoms with E-state index in [1.807, 2.05) is 11.8 Å². The number of carbonyl (C=O) groups excluding carboxylic acids is 1. The van der Waals surface area contributed by atoms with Gasteiger partial charge in [-0.1, -0.05) is 6.07 Å². The van der Waals surface area contributed by atoms with Crippen molar-refractivity contribution in [2.75, 3.05) is 12.3 Å². The summed E-state index contributed by atoms with van der Waals surface area (Å²) in [7, 11) is 0. The van der Waals surface area contributed by atoms with Crippen molar-refractivity contribution in [3.8, 4) is 0 Å². The van der Waals surface area contributed by atoms with Gasteiger partial charge in [-0.3, -0.25) is 9.59 Å². The van der Waals surface area contributed by atoms with Crippen molar-refractivity contribution < 1.29 is 4.79 Å². The maximum atomic E-state index is 11.7. The van der Waals surface area contributed by atoms with Gasteiger partial charge in [0.2, 0.25) is 5.56 Å². The molecule has 1 atom stereocenters. The second-order valence-electron chi connectivity index (χ2n) is 3.77. The number of aromatic amines is 1. The van der Waals surface area contributed by atoms with Crippen LogP contribution in [0.25, 0.3) is 0 Å². The molecule has 1 aliphatic heterocycles. The molecule has 1 aromatic rings. The van der Waals surface area contributed by atoms with E-state index in [9.17, 15) is 9.59 Å². The van der Waals surface area contributed by atoms with Crippen LogP contribution in [0.15, 0.2) is 23.0 Å². The number of pyridine rings is 1. The van der Waals surface area contributed by atoms with Gasteiger partial charge in [0.25, 0.3) is 5.91 Å². The maximum Gasteiger partial charge on any atom is 0.267 e. The smallest absolute Gasteiger partial charge is 0.267 e. The Bertz CT molecular complexity index is 424. The molecule has 1 fully saturated rings. The summed E-state index contributed by atoms with van der Waals surface area (Å²) in [5.74, 6) is 0.980. The van der Waals surface area contributed by atoms with Crippen LogP contribution in [-0.4, -0.2) is 28.4 Å². The lowest BCUT2D eigenvalue weighted by Crippen LogP contribution is -2.31. The summed E-state index contributed by atoms with van der Waals surface area (Å²) in [6.45, 7) is 0.681. The topological polar surface area (TPSA) is 62.0 Å². The van der Waals surface area contributed by atoms with Crippen LogP contribution in [0.3, 0.4) is 0 Å². The van der Waals surface area contributed by atoms with E-state index >= 15 is 0 Å². The molecule has 5 heteroatoms. The van der Waals surface area contributed by atoms with Crippen LogP contribution in [0, 0.1) is 0 Å².